The van der Waals surface area contributed by atoms with Crippen LogP contribution in [-0.2, 0) is 9.53 Å². The molecule has 1 saturated carbocycles. The Morgan fingerprint density at radius 3 is 2.68 bits per heavy atom. The minimum atomic E-state index is -0.370. The third kappa shape index (κ3) is 2.49. The van der Waals surface area contributed by atoms with Crippen molar-refractivity contribution >= 4 is 11.8 Å². The van der Waals surface area contributed by atoms with Crippen molar-refractivity contribution in [2.24, 2.45) is 11.3 Å². The number of ether oxygens (including phenoxy) is 1. The highest BCUT2D eigenvalue weighted by molar-refractivity contribution is 5.79. The number of fused-ring (bicyclic) bond motifs is 1. The lowest BCUT2D eigenvalue weighted by molar-refractivity contribution is -0.152. The first kappa shape index (κ1) is 16.1. The van der Waals surface area contributed by atoms with Gasteiger partial charge in [0.1, 0.15) is 0 Å². The summed E-state index contributed by atoms with van der Waals surface area (Å²) >= 11 is 0. The fourth-order valence-corrected chi connectivity index (χ4v) is 4.46. The summed E-state index contributed by atoms with van der Waals surface area (Å²) in [5, 5.41) is 13.2. The molecule has 132 valence electrons. The Balaban J connectivity index is 1.57. The molecule has 4 rings (SSSR count). The standard InChI is InChI=1S/C18H23N5O2/c1-12-9-13(2)23(21-12)16-7-6-15(19-20-16)22-10-14-5-4-8-18(14,11-22)17(24)25-3/h6-7,9,14H,4-5,8,10-11H2,1-3H3. The Kier molecular flexibility index (Phi) is 3.74. The van der Waals surface area contributed by atoms with E-state index in [-0.39, 0.29) is 11.4 Å². The van der Waals surface area contributed by atoms with Gasteiger partial charge in [0.2, 0.25) is 0 Å². The molecule has 25 heavy (non-hydrogen) atoms. The smallest absolute Gasteiger partial charge is 0.313 e. The summed E-state index contributed by atoms with van der Waals surface area (Å²) in [4.78, 5) is 14.5. The third-order valence-electron chi connectivity index (χ3n) is 5.65. The molecular weight excluding hydrogens is 318 g/mol. The van der Waals surface area contributed by atoms with Crippen LogP contribution in [0.1, 0.15) is 30.7 Å². The Bertz CT molecular complexity index is 800. The second-order valence-corrected chi connectivity index (χ2v) is 7.21. The minimum absolute atomic E-state index is 0.0790. The van der Waals surface area contributed by atoms with E-state index in [4.69, 9.17) is 4.74 Å². The number of aryl methyl sites for hydroxylation is 2. The van der Waals surface area contributed by atoms with E-state index in [1.807, 2.05) is 32.0 Å². The van der Waals surface area contributed by atoms with Crippen molar-refractivity contribution in [2.75, 3.05) is 25.1 Å². The predicted octanol–water partition coefficient (Wildman–Crippen LogP) is 2.06. The Morgan fingerprint density at radius 2 is 2.04 bits per heavy atom. The van der Waals surface area contributed by atoms with Crippen LogP contribution in [0.5, 0.6) is 0 Å². The number of hydrogen-bond donors (Lipinski definition) is 0. The van der Waals surface area contributed by atoms with Gasteiger partial charge < -0.3 is 9.64 Å². The lowest BCUT2D eigenvalue weighted by Crippen LogP contribution is -2.37. The zero-order valence-electron chi connectivity index (χ0n) is 14.9. The first-order chi connectivity index (χ1) is 12.0. The maximum atomic E-state index is 12.4. The third-order valence-corrected chi connectivity index (χ3v) is 5.65. The van der Waals surface area contributed by atoms with Gasteiger partial charge in [-0.1, -0.05) is 6.42 Å². The fraction of sp³-hybridized carbons (Fsp3) is 0.556. The second kappa shape index (κ2) is 5.82. The molecule has 7 heteroatoms. The van der Waals surface area contributed by atoms with Gasteiger partial charge in [0.25, 0.3) is 0 Å². The Hall–Kier alpha value is -2.44. The molecule has 3 heterocycles. The summed E-state index contributed by atoms with van der Waals surface area (Å²) in [5.74, 6) is 1.78. The Morgan fingerprint density at radius 1 is 1.28 bits per heavy atom. The van der Waals surface area contributed by atoms with Crippen molar-refractivity contribution in [2.45, 2.75) is 33.1 Å². The maximum Gasteiger partial charge on any atom is 0.313 e. The average Bonchev–Trinajstić information content (AvgIpc) is 3.26. The van der Waals surface area contributed by atoms with E-state index in [1.54, 1.807) is 4.68 Å². The average molecular weight is 341 g/mol. The normalized spacial score (nSPS) is 25.2. The number of esters is 1. The summed E-state index contributed by atoms with van der Waals surface area (Å²) in [6.45, 7) is 5.46. The van der Waals surface area contributed by atoms with Crippen LogP contribution >= 0.6 is 0 Å². The summed E-state index contributed by atoms with van der Waals surface area (Å²) in [5.41, 5.74) is 1.61. The van der Waals surface area contributed by atoms with Crippen LogP contribution in [0.15, 0.2) is 18.2 Å². The molecule has 1 aliphatic heterocycles. The van der Waals surface area contributed by atoms with Crippen LogP contribution in [0.4, 0.5) is 5.82 Å². The lowest BCUT2D eigenvalue weighted by atomic mass is 9.81. The van der Waals surface area contributed by atoms with Crippen LogP contribution in [0.3, 0.4) is 0 Å². The first-order valence-electron chi connectivity index (χ1n) is 8.74. The SMILES string of the molecule is COC(=O)C12CCCC1CN(c1ccc(-n3nc(C)cc3C)nn1)C2. The van der Waals surface area contributed by atoms with Crippen LogP contribution in [0.25, 0.3) is 5.82 Å². The zero-order valence-corrected chi connectivity index (χ0v) is 14.9. The molecule has 0 bridgehead atoms. The number of methoxy groups -OCH3 is 1. The molecule has 0 aromatic carbocycles. The molecule has 2 fully saturated rings. The summed E-state index contributed by atoms with van der Waals surface area (Å²) < 4.78 is 6.89. The number of aromatic nitrogens is 4. The van der Waals surface area contributed by atoms with Crippen LogP contribution < -0.4 is 4.90 Å². The maximum absolute atomic E-state index is 12.4. The number of hydrogen-bond acceptors (Lipinski definition) is 6. The molecular formula is C18H23N5O2. The van der Waals surface area contributed by atoms with Gasteiger partial charge in [0.15, 0.2) is 11.6 Å². The fourth-order valence-electron chi connectivity index (χ4n) is 4.46. The molecule has 2 aromatic rings. The van der Waals surface area contributed by atoms with Gasteiger partial charge in [-0.2, -0.15) is 5.10 Å². The van der Waals surface area contributed by atoms with Crippen LogP contribution in [0.2, 0.25) is 0 Å². The van der Waals surface area contributed by atoms with E-state index in [1.165, 1.54) is 7.11 Å². The zero-order chi connectivity index (χ0) is 17.6. The van der Waals surface area contributed by atoms with E-state index in [0.717, 1.165) is 43.0 Å². The van der Waals surface area contributed by atoms with Crippen molar-refractivity contribution in [3.05, 3.63) is 29.6 Å². The molecule has 2 atom stereocenters. The van der Waals surface area contributed by atoms with Crippen LogP contribution in [-0.4, -0.2) is 46.1 Å². The highest BCUT2D eigenvalue weighted by Crippen LogP contribution is 2.50. The molecule has 0 N–H and O–H groups in total. The highest BCUT2D eigenvalue weighted by atomic mass is 16.5. The molecule has 2 aromatic heterocycles. The Labute approximate surface area is 147 Å². The van der Waals surface area contributed by atoms with Gasteiger partial charge in [-0.3, -0.25) is 4.79 Å². The molecule has 2 unspecified atom stereocenters. The number of carbonyl (C=O) groups excluding carboxylic acids is 1. The molecule has 0 radical (unpaired) electrons. The highest BCUT2D eigenvalue weighted by Gasteiger charge is 2.55. The summed E-state index contributed by atoms with van der Waals surface area (Å²) in [6, 6.07) is 5.91. The van der Waals surface area contributed by atoms with Crippen molar-refractivity contribution in [3.8, 4) is 5.82 Å². The van der Waals surface area contributed by atoms with E-state index in [9.17, 15) is 4.79 Å². The van der Waals surface area contributed by atoms with E-state index >= 15 is 0 Å². The number of rotatable bonds is 3. The molecule has 1 saturated heterocycles. The van der Waals surface area contributed by atoms with Crippen molar-refractivity contribution in [1.82, 2.24) is 20.0 Å². The number of nitrogens with zero attached hydrogens (tertiary/aromatic N) is 5. The van der Waals surface area contributed by atoms with Crippen molar-refractivity contribution in [1.29, 1.82) is 0 Å². The molecule has 7 nitrogen and oxygen atoms in total. The minimum Gasteiger partial charge on any atom is -0.469 e. The molecule has 2 aliphatic rings. The van der Waals surface area contributed by atoms with Gasteiger partial charge in [-0.15, -0.1) is 10.2 Å². The van der Waals surface area contributed by atoms with Gasteiger partial charge >= 0.3 is 5.97 Å². The van der Waals surface area contributed by atoms with E-state index < -0.39 is 0 Å². The van der Waals surface area contributed by atoms with Crippen molar-refractivity contribution in [3.63, 3.8) is 0 Å². The van der Waals surface area contributed by atoms with Gasteiger partial charge in [-0.25, -0.2) is 4.68 Å². The topological polar surface area (TPSA) is 73.1 Å². The number of anilines is 1. The molecule has 0 spiro atoms. The summed E-state index contributed by atoms with van der Waals surface area (Å²) in [7, 11) is 1.48. The predicted molar refractivity (Wildman–Crippen MR) is 92.6 cm³/mol. The van der Waals surface area contributed by atoms with E-state index in [2.05, 4.69) is 20.2 Å². The largest absolute Gasteiger partial charge is 0.469 e. The van der Waals surface area contributed by atoms with Gasteiger partial charge in [-0.05, 0) is 50.8 Å². The summed E-state index contributed by atoms with van der Waals surface area (Å²) in [6.07, 6.45) is 3.07. The second-order valence-electron chi connectivity index (χ2n) is 7.21. The van der Waals surface area contributed by atoms with E-state index in [0.29, 0.717) is 18.3 Å². The van der Waals surface area contributed by atoms with Crippen molar-refractivity contribution < 1.29 is 9.53 Å². The monoisotopic (exact) mass is 341 g/mol. The van der Waals surface area contributed by atoms with Gasteiger partial charge in [0.05, 0.1) is 18.2 Å². The molecule has 0 amide bonds. The molecule has 1 aliphatic carbocycles. The van der Waals surface area contributed by atoms with Crippen LogP contribution in [0, 0.1) is 25.2 Å². The lowest BCUT2D eigenvalue weighted by Gasteiger charge is -2.25. The first-order valence-corrected chi connectivity index (χ1v) is 8.74. The quantitative estimate of drug-likeness (QED) is 0.796. The number of carbonyl (C=O) groups is 1. The van der Waals surface area contributed by atoms with Gasteiger partial charge in [0, 0.05) is 18.8 Å².